The molecule has 23 heavy (non-hydrogen) atoms. The summed E-state index contributed by atoms with van der Waals surface area (Å²) in [6, 6.07) is 6.12. The van der Waals surface area contributed by atoms with Crippen molar-refractivity contribution in [3.8, 4) is 0 Å². The molecule has 0 radical (unpaired) electrons. The number of hydrogen-bond donors (Lipinski definition) is 1. The maximum Gasteiger partial charge on any atom is 0.253 e. The highest BCUT2D eigenvalue weighted by Gasteiger charge is 2.12. The van der Waals surface area contributed by atoms with E-state index in [4.69, 9.17) is 0 Å². The van der Waals surface area contributed by atoms with Gasteiger partial charge in [0, 0.05) is 29.8 Å². The SMILES string of the molecule is Cc1nc(CCNC(=O)c2cc3ccc(F)cc3nc2C)cs1. The van der Waals surface area contributed by atoms with Gasteiger partial charge in [0.1, 0.15) is 5.82 Å². The fourth-order valence-corrected chi connectivity index (χ4v) is 3.04. The number of thiazole rings is 1. The summed E-state index contributed by atoms with van der Waals surface area (Å²) in [4.78, 5) is 21.0. The first kappa shape index (κ1) is 15.6. The molecule has 1 amide bonds. The summed E-state index contributed by atoms with van der Waals surface area (Å²) in [6.45, 7) is 4.23. The van der Waals surface area contributed by atoms with E-state index in [2.05, 4.69) is 15.3 Å². The fourth-order valence-electron chi connectivity index (χ4n) is 2.39. The predicted octanol–water partition coefficient (Wildman–Crippen LogP) is 3.42. The summed E-state index contributed by atoms with van der Waals surface area (Å²) in [6.07, 6.45) is 0.696. The lowest BCUT2D eigenvalue weighted by molar-refractivity contribution is 0.0953. The Balaban J connectivity index is 1.72. The molecule has 0 unspecified atom stereocenters. The van der Waals surface area contributed by atoms with Crippen molar-refractivity contribution in [2.45, 2.75) is 20.3 Å². The number of nitrogens with zero attached hydrogens (tertiary/aromatic N) is 2. The van der Waals surface area contributed by atoms with Crippen molar-refractivity contribution in [3.05, 3.63) is 57.4 Å². The second-order valence-electron chi connectivity index (χ2n) is 5.32. The van der Waals surface area contributed by atoms with Gasteiger partial charge < -0.3 is 5.32 Å². The van der Waals surface area contributed by atoms with Crippen LogP contribution >= 0.6 is 11.3 Å². The molecule has 0 aliphatic rings. The van der Waals surface area contributed by atoms with Crippen LogP contribution < -0.4 is 5.32 Å². The molecular formula is C17H16FN3OS. The first-order chi connectivity index (χ1) is 11.0. The Kier molecular flexibility index (Phi) is 4.34. The van der Waals surface area contributed by atoms with Crippen LogP contribution in [0.2, 0.25) is 0 Å². The van der Waals surface area contributed by atoms with E-state index in [0.29, 0.717) is 29.7 Å². The van der Waals surface area contributed by atoms with E-state index >= 15 is 0 Å². The van der Waals surface area contributed by atoms with Crippen molar-refractivity contribution in [3.63, 3.8) is 0 Å². The van der Waals surface area contributed by atoms with Gasteiger partial charge in [0.25, 0.3) is 5.91 Å². The van der Waals surface area contributed by atoms with Crippen LogP contribution in [0.1, 0.15) is 26.8 Å². The van der Waals surface area contributed by atoms with E-state index in [0.717, 1.165) is 16.1 Å². The summed E-state index contributed by atoms with van der Waals surface area (Å²) in [7, 11) is 0. The Morgan fingerprint density at radius 3 is 2.83 bits per heavy atom. The first-order valence-electron chi connectivity index (χ1n) is 7.29. The first-order valence-corrected chi connectivity index (χ1v) is 8.17. The zero-order chi connectivity index (χ0) is 16.4. The molecule has 0 saturated heterocycles. The highest BCUT2D eigenvalue weighted by molar-refractivity contribution is 7.09. The summed E-state index contributed by atoms with van der Waals surface area (Å²) < 4.78 is 13.2. The standard InChI is InChI=1S/C17H16FN3OS/c1-10-15(7-12-3-4-13(18)8-16(12)20-10)17(22)19-6-5-14-9-23-11(2)21-14/h3-4,7-9H,5-6H2,1-2H3,(H,19,22). The minimum atomic E-state index is -0.333. The van der Waals surface area contributed by atoms with E-state index in [-0.39, 0.29) is 11.7 Å². The number of nitrogens with one attached hydrogen (secondary N) is 1. The molecule has 0 spiro atoms. The number of carbonyl (C=O) groups is 1. The Hall–Kier alpha value is -2.34. The Morgan fingerprint density at radius 1 is 1.26 bits per heavy atom. The van der Waals surface area contributed by atoms with Crippen LogP contribution in [0.5, 0.6) is 0 Å². The summed E-state index contributed by atoms with van der Waals surface area (Å²) in [5.41, 5.74) is 2.64. The minimum absolute atomic E-state index is 0.173. The lowest BCUT2D eigenvalue weighted by Gasteiger charge is -2.08. The molecule has 1 N–H and O–H groups in total. The quantitative estimate of drug-likeness (QED) is 0.798. The van der Waals surface area contributed by atoms with Crippen molar-refractivity contribution in [1.82, 2.24) is 15.3 Å². The van der Waals surface area contributed by atoms with Crippen molar-refractivity contribution in [2.75, 3.05) is 6.54 Å². The second kappa shape index (κ2) is 6.42. The molecule has 4 nitrogen and oxygen atoms in total. The van der Waals surface area contributed by atoms with Gasteiger partial charge in [0.15, 0.2) is 0 Å². The number of amides is 1. The van der Waals surface area contributed by atoms with Crippen LogP contribution in [0.4, 0.5) is 4.39 Å². The third-order valence-corrected chi connectivity index (χ3v) is 4.37. The third kappa shape index (κ3) is 3.53. The number of aryl methyl sites for hydroxylation is 2. The predicted molar refractivity (Wildman–Crippen MR) is 89.3 cm³/mol. The lowest BCUT2D eigenvalue weighted by atomic mass is 10.1. The minimum Gasteiger partial charge on any atom is -0.352 e. The van der Waals surface area contributed by atoms with Crippen LogP contribution in [0.15, 0.2) is 29.6 Å². The van der Waals surface area contributed by atoms with Gasteiger partial charge in [-0.25, -0.2) is 9.37 Å². The molecule has 0 aliphatic carbocycles. The molecule has 0 fully saturated rings. The Bertz CT molecular complexity index is 875. The van der Waals surface area contributed by atoms with Gasteiger partial charge in [-0.05, 0) is 32.0 Å². The molecule has 118 valence electrons. The largest absolute Gasteiger partial charge is 0.352 e. The third-order valence-electron chi connectivity index (χ3n) is 3.55. The number of carbonyl (C=O) groups excluding carboxylic acids is 1. The van der Waals surface area contributed by atoms with Crippen LogP contribution in [0.25, 0.3) is 10.9 Å². The van der Waals surface area contributed by atoms with Gasteiger partial charge in [-0.15, -0.1) is 11.3 Å². The summed E-state index contributed by atoms with van der Waals surface area (Å²) in [5, 5.41) is 6.65. The fraction of sp³-hybridized carbons (Fsp3) is 0.235. The number of pyridine rings is 1. The molecular weight excluding hydrogens is 313 g/mol. The number of halogens is 1. The monoisotopic (exact) mass is 329 g/mol. The number of aromatic nitrogens is 2. The van der Waals surface area contributed by atoms with Crippen LogP contribution in [-0.4, -0.2) is 22.4 Å². The molecule has 3 aromatic rings. The molecule has 0 saturated carbocycles. The zero-order valence-corrected chi connectivity index (χ0v) is 13.7. The van der Waals surface area contributed by atoms with Crippen LogP contribution in [-0.2, 0) is 6.42 Å². The molecule has 2 aromatic heterocycles. The molecule has 0 aliphatic heterocycles. The van der Waals surface area contributed by atoms with Crippen molar-refractivity contribution < 1.29 is 9.18 Å². The highest BCUT2D eigenvalue weighted by Crippen LogP contribution is 2.17. The Labute approximate surface area is 137 Å². The molecule has 3 rings (SSSR count). The van der Waals surface area contributed by atoms with Gasteiger partial charge in [-0.2, -0.15) is 0 Å². The van der Waals surface area contributed by atoms with E-state index in [9.17, 15) is 9.18 Å². The van der Waals surface area contributed by atoms with Crippen LogP contribution in [0, 0.1) is 19.7 Å². The Morgan fingerprint density at radius 2 is 2.09 bits per heavy atom. The van der Waals surface area contributed by atoms with Gasteiger partial charge in [-0.1, -0.05) is 0 Å². The molecule has 0 bridgehead atoms. The molecule has 6 heteroatoms. The average Bonchev–Trinajstić information content (AvgIpc) is 2.91. The van der Waals surface area contributed by atoms with Gasteiger partial charge in [0.2, 0.25) is 0 Å². The highest BCUT2D eigenvalue weighted by atomic mass is 32.1. The van der Waals surface area contributed by atoms with Crippen molar-refractivity contribution in [1.29, 1.82) is 0 Å². The summed E-state index contributed by atoms with van der Waals surface area (Å²) in [5.74, 6) is -0.506. The maximum atomic E-state index is 13.2. The van der Waals surface area contributed by atoms with E-state index in [1.54, 1.807) is 30.4 Å². The number of benzene rings is 1. The van der Waals surface area contributed by atoms with E-state index in [1.165, 1.54) is 12.1 Å². The van der Waals surface area contributed by atoms with Gasteiger partial charge in [0.05, 0.1) is 27.5 Å². The van der Waals surface area contributed by atoms with Crippen molar-refractivity contribution >= 4 is 28.1 Å². The molecule has 2 heterocycles. The summed E-state index contributed by atoms with van der Waals surface area (Å²) >= 11 is 1.60. The maximum absolute atomic E-state index is 13.2. The molecule has 0 atom stereocenters. The second-order valence-corrected chi connectivity index (χ2v) is 6.38. The normalized spacial score (nSPS) is 10.9. The average molecular weight is 329 g/mol. The smallest absolute Gasteiger partial charge is 0.253 e. The lowest BCUT2D eigenvalue weighted by Crippen LogP contribution is -2.26. The van der Waals surface area contributed by atoms with Gasteiger partial charge in [-0.3, -0.25) is 9.78 Å². The van der Waals surface area contributed by atoms with Gasteiger partial charge >= 0.3 is 0 Å². The molecule has 1 aromatic carbocycles. The topological polar surface area (TPSA) is 54.9 Å². The number of rotatable bonds is 4. The number of fused-ring (bicyclic) bond motifs is 1. The van der Waals surface area contributed by atoms with Crippen LogP contribution in [0.3, 0.4) is 0 Å². The number of hydrogen-bond acceptors (Lipinski definition) is 4. The van der Waals surface area contributed by atoms with Crippen molar-refractivity contribution in [2.24, 2.45) is 0 Å². The zero-order valence-electron chi connectivity index (χ0n) is 12.9. The van der Waals surface area contributed by atoms with E-state index < -0.39 is 0 Å². The van der Waals surface area contributed by atoms with E-state index in [1.807, 2.05) is 12.3 Å².